The van der Waals surface area contributed by atoms with Crippen LogP contribution >= 0.6 is 0 Å². The van der Waals surface area contributed by atoms with Crippen molar-refractivity contribution in [3.63, 3.8) is 0 Å². The summed E-state index contributed by atoms with van der Waals surface area (Å²) in [6.07, 6.45) is 2.22. The molecule has 42 heavy (non-hydrogen) atoms. The maximum atomic E-state index is 9.90. The van der Waals surface area contributed by atoms with Crippen molar-refractivity contribution < 1.29 is 101 Å². The van der Waals surface area contributed by atoms with Gasteiger partial charge in [-0.1, -0.05) is 0 Å². The predicted molar refractivity (Wildman–Crippen MR) is 132 cm³/mol. The third-order valence-corrected chi connectivity index (χ3v) is 2.67. The van der Waals surface area contributed by atoms with Gasteiger partial charge in [0.25, 0.3) is 0 Å². The van der Waals surface area contributed by atoms with Gasteiger partial charge in [0, 0.05) is 23.3 Å². The first kappa shape index (κ1) is 67.3. The molecular weight excluding hydrogens is 735 g/mol. The number of aliphatic carboxylic acids is 8. The zero-order valence-electron chi connectivity index (χ0n) is 22.4. The van der Waals surface area contributed by atoms with Crippen LogP contribution in [-0.4, -0.2) is 181 Å². The molecule has 0 aliphatic heterocycles. The predicted octanol–water partition coefficient (Wildman–Crippen LogP) is -8.99. The molecule has 0 bridgehead atoms. The molecule has 0 aliphatic carbocycles. The number of hydrogen-bond acceptors (Lipinski definition) is 12. The van der Waals surface area contributed by atoms with E-state index in [9.17, 15) is 58.8 Å². The fourth-order valence-electron chi connectivity index (χ4n) is 0.965. The van der Waals surface area contributed by atoms with Crippen LogP contribution in [0.4, 0.5) is 0 Å². The standard InChI is InChI=1S/4C5H6O4.4H2O.2Sr/c4*1-3(5(8)9)2-4(6)7;;;;;;/h4*2H,1H3,(H,6,7)(H,8,9);4*1H2;;/q;;;;;;;;2*+2/p-4/b4*3-2+;;;;;;. The number of rotatable bonds is 8. The van der Waals surface area contributed by atoms with E-state index in [1.165, 1.54) is 13.8 Å². The Kier molecular flexibility index (Phi) is 61.7. The quantitative estimate of drug-likeness (QED) is 0.132. The molecule has 0 heterocycles. The summed E-state index contributed by atoms with van der Waals surface area (Å²) in [6, 6.07) is 0. The molecule has 0 amide bonds. The fraction of sp³-hybridized carbons (Fsp3) is 0.200. The Labute approximate surface area is 310 Å². The van der Waals surface area contributed by atoms with Gasteiger partial charge in [0.2, 0.25) is 0 Å². The summed E-state index contributed by atoms with van der Waals surface area (Å²) in [6.45, 7) is 4.67. The third-order valence-electron chi connectivity index (χ3n) is 2.67. The van der Waals surface area contributed by atoms with E-state index in [4.69, 9.17) is 20.4 Å². The maximum Gasteiger partial charge on any atom is 2.00 e. The van der Waals surface area contributed by atoms with Crippen molar-refractivity contribution in [3.05, 3.63) is 46.6 Å². The first-order chi connectivity index (χ1) is 16.1. The van der Waals surface area contributed by atoms with Gasteiger partial charge in [-0.05, 0) is 51.0 Å². The van der Waals surface area contributed by atoms with Crippen molar-refractivity contribution in [2.24, 2.45) is 0 Å². The maximum absolute atomic E-state index is 9.90. The Balaban J connectivity index is -0.0000000388. The summed E-state index contributed by atoms with van der Waals surface area (Å²) in [7, 11) is 0. The Hall–Kier alpha value is -2.48. The monoisotopic (exact) mass is 764 g/mol. The molecule has 20 nitrogen and oxygen atoms in total. The summed E-state index contributed by atoms with van der Waals surface area (Å²) < 4.78 is 0. The van der Waals surface area contributed by atoms with Gasteiger partial charge in [-0.3, -0.25) is 0 Å². The van der Waals surface area contributed by atoms with Crippen LogP contribution in [0.3, 0.4) is 0 Å². The Morgan fingerprint density at radius 2 is 0.619 bits per heavy atom. The number of carbonyl (C=O) groups is 8. The minimum atomic E-state index is -1.53. The Morgan fingerprint density at radius 1 is 0.429 bits per heavy atom. The number of hydrogen-bond donors (Lipinski definition) is 4. The van der Waals surface area contributed by atoms with Gasteiger partial charge in [-0.15, -0.1) is 0 Å². The van der Waals surface area contributed by atoms with Gasteiger partial charge in [0.1, 0.15) is 0 Å². The van der Waals surface area contributed by atoms with Crippen LogP contribution in [0.25, 0.3) is 0 Å². The normalized spacial score (nSPS) is 9.43. The van der Waals surface area contributed by atoms with E-state index in [1.54, 1.807) is 0 Å². The third kappa shape index (κ3) is 57.4. The van der Waals surface area contributed by atoms with Crippen LogP contribution in [0.5, 0.6) is 0 Å². The van der Waals surface area contributed by atoms with Crippen LogP contribution in [0.1, 0.15) is 27.7 Å². The van der Waals surface area contributed by atoms with Gasteiger partial charge < -0.3 is 81.9 Å². The second kappa shape index (κ2) is 38.5. The summed E-state index contributed by atoms with van der Waals surface area (Å²) >= 11 is 0. The van der Waals surface area contributed by atoms with Crippen molar-refractivity contribution in [3.8, 4) is 0 Å². The molecule has 0 rings (SSSR count). The van der Waals surface area contributed by atoms with Crippen molar-refractivity contribution in [2.75, 3.05) is 0 Å². The Bertz CT molecular complexity index is 847. The van der Waals surface area contributed by atoms with Gasteiger partial charge in [0.15, 0.2) is 0 Å². The minimum absolute atomic E-state index is 0. The topological polar surface area (TPSA) is 436 Å². The molecule has 22 heteroatoms. The molecule has 0 radical (unpaired) electrons. The molecule has 0 atom stereocenters. The van der Waals surface area contributed by atoms with E-state index < -0.39 is 47.8 Å². The summed E-state index contributed by atoms with van der Waals surface area (Å²) in [5, 5.41) is 71.0. The molecule has 0 unspecified atom stereocenters. The average molecular weight is 764 g/mol. The van der Waals surface area contributed by atoms with Gasteiger partial charge in [-0.25, -0.2) is 19.2 Å². The molecular formula is C20H28O20Sr2. The molecule has 0 aromatic carbocycles. The summed E-state index contributed by atoms with van der Waals surface area (Å²) in [5.41, 5.74) is -1.06. The van der Waals surface area contributed by atoms with Crippen molar-refractivity contribution in [2.45, 2.75) is 27.7 Å². The average Bonchev–Trinajstić information content (AvgIpc) is 2.67. The molecule has 0 spiro atoms. The van der Waals surface area contributed by atoms with E-state index in [-0.39, 0.29) is 135 Å². The van der Waals surface area contributed by atoms with E-state index in [0.717, 1.165) is 13.8 Å². The minimum Gasteiger partial charge on any atom is -0.545 e. The largest absolute Gasteiger partial charge is 2.00 e. The zero-order valence-corrected chi connectivity index (χ0v) is 29.4. The summed E-state index contributed by atoms with van der Waals surface area (Å²) in [4.78, 5) is 78.2. The van der Waals surface area contributed by atoms with Crippen molar-refractivity contribution >= 4 is 139 Å². The molecule has 0 saturated heterocycles. The SMILES string of the molecule is C/C(=C\C(=O)O)C(=O)O.C/C(=C\C(=O)O)C(=O)O.C/C(=C\C(=O)[O-])C(=O)[O-].C/C(=C\C(=O)[O-])C(=O)[O-].O.O.O.O.[Sr+2].[Sr+2]. The van der Waals surface area contributed by atoms with Crippen LogP contribution in [0.15, 0.2) is 46.6 Å². The molecule has 232 valence electrons. The first-order valence-corrected chi connectivity index (χ1v) is 8.65. The molecule has 0 fully saturated rings. The van der Waals surface area contributed by atoms with E-state index in [0.29, 0.717) is 24.3 Å². The molecule has 0 aromatic rings. The summed E-state index contributed by atoms with van der Waals surface area (Å²) in [5.74, 6) is -11.0. The van der Waals surface area contributed by atoms with E-state index >= 15 is 0 Å². The van der Waals surface area contributed by atoms with Gasteiger partial charge >= 0.3 is 115 Å². The van der Waals surface area contributed by atoms with Gasteiger partial charge in [-0.2, -0.15) is 0 Å². The van der Waals surface area contributed by atoms with Crippen molar-refractivity contribution in [1.29, 1.82) is 0 Å². The van der Waals surface area contributed by atoms with Crippen LogP contribution in [0, 0.1) is 0 Å². The second-order valence-corrected chi connectivity index (χ2v) is 5.81. The number of carboxylic acids is 8. The second-order valence-electron chi connectivity index (χ2n) is 5.81. The van der Waals surface area contributed by atoms with Crippen LogP contribution in [0.2, 0.25) is 0 Å². The van der Waals surface area contributed by atoms with Crippen molar-refractivity contribution in [1.82, 2.24) is 0 Å². The van der Waals surface area contributed by atoms with Gasteiger partial charge in [0.05, 0.1) is 23.9 Å². The molecule has 0 aliphatic rings. The first-order valence-electron chi connectivity index (χ1n) is 8.65. The number of carboxylic acid groups (broad SMARTS) is 8. The number of carbonyl (C=O) groups excluding carboxylic acids is 4. The smallest absolute Gasteiger partial charge is 0.545 e. The Morgan fingerprint density at radius 3 is 0.667 bits per heavy atom. The fourth-order valence-corrected chi connectivity index (χ4v) is 0.965. The van der Waals surface area contributed by atoms with Crippen LogP contribution < -0.4 is 20.4 Å². The molecule has 0 saturated carbocycles. The van der Waals surface area contributed by atoms with E-state index in [1.807, 2.05) is 0 Å². The zero-order chi connectivity index (χ0) is 29.8. The molecule has 12 N–H and O–H groups in total. The van der Waals surface area contributed by atoms with Crippen LogP contribution in [-0.2, 0) is 38.4 Å². The molecule has 0 aromatic heterocycles. The van der Waals surface area contributed by atoms with E-state index in [2.05, 4.69) is 0 Å².